The van der Waals surface area contributed by atoms with Gasteiger partial charge in [-0.1, -0.05) is 20.8 Å². The highest BCUT2D eigenvalue weighted by Gasteiger charge is 2.28. The molecule has 0 amide bonds. The van der Waals surface area contributed by atoms with Crippen molar-refractivity contribution in [2.45, 2.75) is 51.9 Å². The molecule has 0 unspecified atom stereocenters. The summed E-state index contributed by atoms with van der Waals surface area (Å²) in [6.45, 7) is 7.14. The molecule has 4 rings (SSSR count). The lowest BCUT2D eigenvalue weighted by Crippen LogP contribution is -2.51. The molecule has 0 bridgehead atoms. The van der Waals surface area contributed by atoms with E-state index in [4.69, 9.17) is 19.8 Å². The van der Waals surface area contributed by atoms with Crippen LogP contribution < -0.4 is 15.5 Å². The van der Waals surface area contributed by atoms with Crippen LogP contribution in [0, 0.1) is 0 Å². The fourth-order valence-electron chi connectivity index (χ4n) is 3.98. The van der Waals surface area contributed by atoms with E-state index in [1.807, 2.05) is 13.8 Å². The molecule has 0 aliphatic carbocycles. The molecule has 1 aliphatic heterocycles. The molecular weight excluding hydrogens is 463 g/mol. The first-order valence-electron chi connectivity index (χ1n) is 11.7. The molecule has 0 aromatic carbocycles. The van der Waals surface area contributed by atoms with E-state index >= 15 is 0 Å². The van der Waals surface area contributed by atoms with Crippen molar-refractivity contribution < 1.29 is 17.9 Å². The minimum Gasteiger partial charge on any atom is -0.370 e. The summed E-state index contributed by atoms with van der Waals surface area (Å²) in [4.78, 5) is 20.0. The highest BCUT2D eigenvalue weighted by molar-refractivity contribution is 5.90. The van der Waals surface area contributed by atoms with Gasteiger partial charge in [-0.2, -0.15) is 23.3 Å². The number of alkyl halides is 3. The number of hydrogen-bond acceptors (Lipinski definition) is 9. The van der Waals surface area contributed by atoms with Crippen LogP contribution in [-0.2, 0) is 11.3 Å². The maximum absolute atomic E-state index is 12.5. The number of nitrogens with zero attached hydrogens (tertiary/aromatic N) is 7. The summed E-state index contributed by atoms with van der Waals surface area (Å²) in [5.74, 6) is 1.62. The maximum Gasteiger partial charge on any atom is 0.411 e. The minimum absolute atomic E-state index is 0.0379. The summed E-state index contributed by atoms with van der Waals surface area (Å²) in [5.41, 5.74) is 1.99. The van der Waals surface area contributed by atoms with Gasteiger partial charge in [-0.3, -0.25) is 4.68 Å². The number of anilines is 3. The third-order valence-corrected chi connectivity index (χ3v) is 5.72. The Balaban J connectivity index is 1.75. The summed E-state index contributed by atoms with van der Waals surface area (Å²) in [7, 11) is 0. The van der Waals surface area contributed by atoms with Gasteiger partial charge in [-0.05, 0) is 18.4 Å². The first-order chi connectivity index (χ1) is 16.7. The Morgan fingerprint density at radius 1 is 1.29 bits per heavy atom. The average molecular weight is 494 g/mol. The van der Waals surface area contributed by atoms with E-state index in [1.54, 1.807) is 16.9 Å². The molecule has 4 heterocycles. The van der Waals surface area contributed by atoms with Crippen LogP contribution in [0.1, 0.15) is 38.8 Å². The zero-order valence-electron chi connectivity index (χ0n) is 20.0. The molecule has 3 aromatic heterocycles. The first-order valence-corrected chi connectivity index (χ1v) is 11.7. The predicted molar refractivity (Wildman–Crippen MR) is 126 cm³/mol. The Morgan fingerprint density at radius 2 is 2.11 bits per heavy atom. The molecule has 13 heteroatoms. The van der Waals surface area contributed by atoms with Crippen LogP contribution in [0.4, 0.5) is 30.8 Å². The van der Waals surface area contributed by atoms with Gasteiger partial charge in [0, 0.05) is 31.9 Å². The van der Waals surface area contributed by atoms with Crippen LogP contribution in [0.15, 0.2) is 18.6 Å². The standard InChI is InChI=1S/C22H30F3N9O/c1-4-15-11-33(8-7-27-15)21-30-18-17(14(2)3)32-34(9-10-35-12-22(23,24)25)19(18)20(31-21)29-16-5-6-26-13-28-16/h5-6,13-15,27H,4,7-12H2,1-3H3,(H,26,28,29,30,31)/t15-/m0/s1. The van der Waals surface area contributed by atoms with E-state index in [1.165, 1.54) is 6.33 Å². The smallest absolute Gasteiger partial charge is 0.370 e. The second-order valence-electron chi connectivity index (χ2n) is 8.73. The molecule has 2 N–H and O–H groups in total. The maximum atomic E-state index is 12.5. The lowest BCUT2D eigenvalue weighted by molar-refractivity contribution is -0.174. The van der Waals surface area contributed by atoms with Crippen molar-refractivity contribution in [2.75, 3.05) is 43.1 Å². The molecule has 1 fully saturated rings. The summed E-state index contributed by atoms with van der Waals surface area (Å²) in [6, 6.07) is 2.04. The normalized spacial score (nSPS) is 16.9. The van der Waals surface area contributed by atoms with Crippen molar-refractivity contribution in [3.05, 3.63) is 24.3 Å². The van der Waals surface area contributed by atoms with Gasteiger partial charge in [-0.15, -0.1) is 0 Å². The van der Waals surface area contributed by atoms with Crippen LogP contribution in [-0.4, -0.2) is 74.8 Å². The Morgan fingerprint density at radius 3 is 2.80 bits per heavy atom. The van der Waals surface area contributed by atoms with Gasteiger partial charge < -0.3 is 20.3 Å². The molecular formula is C22H30F3N9O. The topological polar surface area (TPSA) is 106 Å². The van der Waals surface area contributed by atoms with Crippen LogP contribution in [0.5, 0.6) is 0 Å². The molecule has 1 saturated heterocycles. The van der Waals surface area contributed by atoms with Crippen LogP contribution in [0.25, 0.3) is 11.0 Å². The summed E-state index contributed by atoms with van der Waals surface area (Å²) < 4.78 is 44.0. The fraction of sp³-hybridized carbons (Fsp3) is 0.591. The number of fused-ring (bicyclic) bond motifs is 1. The monoisotopic (exact) mass is 493 g/mol. The first kappa shape index (κ1) is 25.0. The van der Waals surface area contributed by atoms with Crippen molar-refractivity contribution >= 4 is 28.6 Å². The van der Waals surface area contributed by atoms with E-state index in [2.05, 4.69) is 32.4 Å². The Kier molecular flexibility index (Phi) is 7.65. The van der Waals surface area contributed by atoms with E-state index in [0.717, 1.165) is 31.7 Å². The molecule has 0 radical (unpaired) electrons. The lowest BCUT2D eigenvalue weighted by atomic mass is 10.1. The zero-order valence-corrected chi connectivity index (χ0v) is 20.0. The van der Waals surface area contributed by atoms with Gasteiger partial charge in [0.1, 0.15) is 29.8 Å². The van der Waals surface area contributed by atoms with Gasteiger partial charge in [0.25, 0.3) is 0 Å². The van der Waals surface area contributed by atoms with Crippen molar-refractivity contribution in [1.82, 2.24) is 35.0 Å². The summed E-state index contributed by atoms with van der Waals surface area (Å²) in [5, 5.41) is 11.4. The third-order valence-electron chi connectivity index (χ3n) is 5.72. The third kappa shape index (κ3) is 6.14. The predicted octanol–water partition coefficient (Wildman–Crippen LogP) is 3.25. The molecule has 3 aromatic rings. The zero-order chi connectivity index (χ0) is 25.0. The molecule has 0 spiro atoms. The number of nitrogens with one attached hydrogen (secondary N) is 2. The quantitative estimate of drug-likeness (QED) is 0.435. The second-order valence-corrected chi connectivity index (χ2v) is 8.73. The van der Waals surface area contributed by atoms with Crippen LogP contribution in [0.3, 0.4) is 0 Å². The lowest BCUT2D eigenvalue weighted by Gasteiger charge is -2.33. The Labute approximate surface area is 201 Å². The van der Waals surface area contributed by atoms with Gasteiger partial charge in [-0.25, -0.2) is 15.0 Å². The van der Waals surface area contributed by atoms with Crippen molar-refractivity contribution in [3.63, 3.8) is 0 Å². The number of piperazine rings is 1. The Bertz CT molecular complexity index is 1120. The summed E-state index contributed by atoms with van der Waals surface area (Å²) in [6.07, 6.45) is -0.366. The number of halogens is 3. The SMILES string of the molecule is CC[C@H]1CN(c2nc(Nc3ccncn3)c3c(n2)c(C(C)C)nn3CCOCC(F)(F)F)CCN1. The largest absolute Gasteiger partial charge is 0.411 e. The Hall–Kier alpha value is -3.06. The highest BCUT2D eigenvalue weighted by atomic mass is 19.4. The molecule has 190 valence electrons. The van der Waals surface area contributed by atoms with Gasteiger partial charge in [0.2, 0.25) is 5.95 Å². The van der Waals surface area contributed by atoms with Gasteiger partial charge in [0.05, 0.1) is 18.8 Å². The van der Waals surface area contributed by atoms with Crippen molar-refractivity contribution in [1.29, 1.82) is 0 Å². The molecule has 0 saturated carbocycles. The number of ether oxygens (including phenoxy) is 1. The van der Waals surface area contributed by atoms with Crippen LogP contribution >= 0.6 is 0 Å². The number of aromatic nitrogens is 6. The van der Waals surface area contributed by atoms with E-state index < -0.39 is 12.8 Å². The fourth-order valence-corrected chi connectivity index (χ4v) is 3.98. The molecule has 10 nitrogen and oxygen atoms in total. The summed E-state index contributed by atoms with van der Waals surface area (Å²) >= 11 is 0. The molecule has 1 aliphatic rings. The van der Waals surface area contributed by atoms with Crippen molar-refractivity contribution in [2.24, 2.45) is 0 Å². The van der Waals surface area contributed by atoms with Crippen LogP contribution in [0.2, 0.25) is 0 Å². The number of rotatable bonds is 9. The van der Waals surface area contributed by atoms with E-state index in [9.17, 15) is 13.2 Å². The average Bonchev–Trinajstić information content (AvgIpc) is 3.21. The van der Waals surface area contributed by atoms with Gasteiger partial charge >= 0.3 is 6.18 Å². The van der Waals surface area contributed by atoms with E-state index in [-0.39, 0.29) is 19.1 Å². The van der Waals surface area contributed by atoms with Crippen molar-refractivity contribution in [3.8, 4) is 0 Å². The van der Waals surface area contributed by atoms with E-state index in [0.29, 0.717) is 34.7 Å². The molecule has 1 atom stereocenters. The van der Waals surface area contributed by atoms with Gasteiger partial charge in [0.15, 0.2) is 5.82 Å². The molecule has 35 heavy (non-hydrogen) atoms. The minimum atomic E-state index is -4.38. The number of hydrogen-bond donors (Lipinski definition) is 2. The second kappa shape index (κ2) is 10.7. The highest BCUT2D eigenvalue weighted by Crippen LogP contribution is 2.31.